The van der Waals surface area contributed by atoms with Gasteiger partial charge in [-0.25, -0.2) is 9.59 Å². The summed E-state index contributed by atoms with van der Waals surface area (Å²) in [6.45, 7) is 0.897. The number of rotatable bonds is 5. The molecule has 1 heterocycles. The molecule has 4 N–H and O–H groups in total. The highest BCUT2D eigenvalue weighted by Crippen LogP contribution is 2.22. The summed E-state index contributed by atoms with van der Waals surface area (Å²) in [5.74, 6) is -1.77. The minimum atomic E-state index is -1.18. The average molecular weight is 291 g/mol. The fourth-order valence-electron chi connectivity index (χ4n) is 2.26. The van der Waals surface area contributed by atoms with Gasteiger partial charge in [0, 0.05) is 19.5 Å². The predicted molar refractivity (Wildman–Crippen MR) is 74.1 cm³/mol. The Morgan fingerprint density at radius 2 is 1.81 bits per heavy atom. The Labute approximate surface area is 121 Å². The molecular weight excluding hydrogens is 274 g/mol. The van der Waals surface area contributed by atoms with Crippen LogP contribution in [0.4, 0.5) is 4.79 Å². The van der Waals surface area contributed by atoms with Crippen molar-refractivity contribution in [3.05, 3.63) is 35.4 Å². The maximum atomic E-state index is 12.1. The van der Waals surface area contributed by atoms with Gasteiger partial charge in [0.15, 0.2) is 0 Å². The van der Waals surface area contributed by atoms with Crippen LogP contribution in [-0.4, -0.2) is 34.0 Å². The molecular formula is C14H17N3O4. The van der Waals surface area contributed by atoms with E-state index in [1.165, 1.54) is 4.90 Å². The Balaban J connectivity index is 1.94. The van der Waals surface area contributed by atoms with Crippen LogP contribution in [0.1, 0.15) is 24.0 Å². The highest BCUT2D eigenvalue weighted by Gasteiger charge is 2.27. The van der Waals surface area contributed by atoms with Crippen molar-refractivity contribution in [1.82, 2.24) is 10.2 Å². The molecule has 0 aliphatic carbocycles. The molecule has 1 aliphatic heterocycles. The van der Waals surface area contributed by atoms with Gasteiger partial charge in [-0.2, -0.15) is 0 Å². The lowest BCUT2D eigenvalue weighted by molar-refractivity contribution is -0.139. The monoisotopic (exact) mass is 291 g/mol. The first-order chi connectivity index (χ1) is 9.97. The van der Waals surface area contributed by atoms with Crippen molar-refractivity contribution in [1.29, 1.82) is 0 Å². The van der Waals surface area contributed by atoms with Gasteiger partial charge in [-0.05, 0) is 17.5 Å². The van der Waals surface area contributed by atoms with Crippen LogP contribution in [0.15, 0.2) is 24.3 Å². The third-order valence-electron chi connectivity index (χ3n) is 3.40. The molecule has 7 heteroatoms. The van der Waals surface area contributed by atoms with Crippen LogP contribution in [0.2, 0.25) is 0 Å². The number of hydrogen-bond acceptors (Lipinski definition) is 3. The number of hydrogen-bond donors (Lipinski definition) is 3. The van der Waals surface area contributed by atoms with Crippen molar-refractivity contribution in [2.24, 2.45) is 5.73 Å². The quantitative estimate of drug-likeness (QED) is 0.730. The number of nitrogens with two attached hydrogens (primary N) is 1. The normalized spacial score (nSPS) is 14.4. The summed E-state index contributed by atoms with van der Waals surface area (Å²) in [5.41, 5.74) is 7.10. The Morgan fingerprint density at radius 1 is 1.24 bits per heavy atom. The fraction of sp³-hybridized carbons (Fsp3) is 0.357. The SMILES string of the molecule is NC(=O)CCC(NC(=O)N1Cc2ccccc2C1)C(=O)O. The van der Waals surface area contributed by atoms with Crippen LogP contribution in [-0.2, 0) is 22.7 Å². The van der Waals surface area contributed by atoms with Gasteiger partial charge in [0.2, 0.25) is 5.91 Å². The summed E-state index contributed by atoms with van der Waals surface area (Å²) in [6, 6.07) is 6.09. The lowest BCUT2D eigenvalue weighted by Gasteiger charge is -2.20. The molecule has 3 amide bonds. The minimum absolute atomic E-state index is 0.0167. The molecule has 0 fully saturated rings. The van der Waals surface area contributed by atoms with Crippen molar-refractivity contribution in [2.75, 3.05) is 0 Å². The molecule has 0 saturated heterocycles. The Bertz CT molecular complexity index is 548. The molecule has 0 saturated carbocycles. The maximum absolute atomic E-state index is 12.1. The zero-order valence-corrected chi connectivity index (χ0v) is 11.4. The third-order valence-corrected chi connectivity index (χ3v) is 3.40. The van der Waals surface area contributed by atoms with E-state index < -0.39 is 23.9 Å². The molecule has 112 valence electrons. The number of urea groups is 1. The van der Waals surface area contributed by atoms with Gasteiger partial charge in [-0.1, -0.05) is 24.3 Å². The highest BCUT2D eigenvalue weighted by molar-refractivity contribution is 5.83. The van der Waals surface area contributed by atoms with E-state index in [0.717, 1.165) is 11.1 Å². The number of carboxylic acid groups (broad SMARTS) is 1. The Kier molecular flexibility index (Phi) is 4.42. The summed E-state index contributed by atoms with van der Waals surface area (Å²) in [6.07, 6.45) is -0.103. The Hall–Kier alpha value is -2.57. The van der Waals surface area contributed by atoms with Gasteiger partial charge in [-0.15, -0.1) is 0 Å². The van der Waals surface area contributed by atoms with E-state index in [1.54, 1.807) is 0 Å². The van der Waals surface area contributed by atoms with E-state index in [9.17, 15) is 14.4 Å². The highest BCUT2D eigenvalue weighted by atomic mass is 16.4. The molecule has 1 atom stereocenters. The first-order valence-corrected chi connectivity index (χ1v) is 6.60. The smallest absolute Gasteiger partial charge is 0.326 e. The van der Waals surface area contributed by atoms with Gasteiger partial charge < -0.3 is 21.1 Å². The molecule has 0 aromatic heterocycles. The van der Waals surface area contributed by atoms with E-state index >= 15 is 0 Å². The standard InChI is InChI=1S/C14H17N3O4/c15-12(18)6-5-11(13(19)20)16-14(21)17-7-9-3-1-2-4-10(9)8-17/h1-4,11H,5-8H2,(H2,15,18)(H,16,21)(H,19,20). The van der Waals surface area contributed by atoms with Gasteiger partial charge >= 0.3 is 12.0 Å². The number of carbonyl (C=O) groups excluding carboxylic acids is 2. The fourth-order valence-corrected chi connectivity index (χ4v) is 2.26. The van der Waals surface area contributed by atoms with Crippen LogP contribution >= 0.6 is 0 Å². The molecule has 1 aromatic carbocycles. The van der Waals surface area contributed by atoms with E-state index in [2.05, 4.69) is 5.32 Å². The number of nitrogens with one attached hydrogen (secondary N) is 1. The first-order valence-electron chi connectivity index (χ1n) is 6.60. The van der Waals surface area contributed by atoms with Crippen LogP contribution in [0.5, 0.6) is 0 Å². The number of primary amides is 1. The van der Waals surface area contributed by atoms with Crippen molar-refractivity contribution >= 4 is 17.9 Å². The molecule has 2 rings (SSSR count). The Morgan fingerprint density at radius 3 is 2.29 bits per heavy atom. The number of benzene rings is 1. The van der Waals surface area contributed by atoms with Gasteiger partial charge in [0.1, 0.15) is 6.04 Å². The largest absolute Gasteiger partial charge is 0.480 e. The van der Waals surface area contributed by atoms with E-state index in [4.69, 9.17) is 10.8 Å². The van der Waals surface area contributed by atoms with Crippen LogP contribution < -0.4 is 11.1 Å². The van der Waals surface area contributed by atoms with E-state index in [1.807, 2.05) is 24.3 Å². The van der Waals surface area contributed by atoms with E-state index in [-0.39, 0.29) is 12.8 Å². The molecule has 1 unspecified atom stereocenters. The second-order valence-corrected chi connectivity index (χ2v) is 4.97. The van der Waals surface area contributed by atoms with Gasteiger partial charge in [0.25, 0.3) is 0 Å². The second kappa shape index (κ2) is 6.25. The average Bonchev–Trinajstić information content (AvgIpc) is 2.86. The third kappa shape index (κ3) is 3.71. The number of nitrogens with zero attached hydrogens (tertiary/aromatic N) is 1. The maximum Gasteiger partial charge on any atom is 0.326 e. The summed E-state index contributed by atoms with van der Waals surface area (Å²) < 4.78 is 0. The summed E-state index contributed by atoms with van der Waals surface area (Å²) in [7, 11) is 0. The van der Waals surface area contributed by atoms with Crippen molar-refractivity contribution in [3.8, 4) is 0 Å². The number of carboxylic acids is 1. The van der Waals surface area contributed by atoms with Gasteiger partial charge in [0.05, 0.1) is 0 Å². The number of amides is 3. The number of fused-ring (bicyclic) bond motifs is 1. The molecule has 1 aliphatic rings. The van der Waals surface area contributed by atoms with Crippen LogP contribution in [0.3, 0.4) is 0 Å². The summed E-state index contributed by atoms with van der Waals surface area (Å²) >= 11 is 0. The second-order valence-electron chi connectivity index (χ2n) is 4.97. The summed E-state index contributed by atoms with van der Waals surface area (Å²) in [5, 5.41) is 11.5. The zero-order valence-electron chi connectivity index (χ0n) is 11.4. The molecule has 0 bridgehead atoms. The molecule has 7 nitrogen and oxygen atoms in total. The van der Waals surface area contributed by atoms with E-state index in [0.29, 0.717) is 13.1 Å². The molecule has 0 spiro atoms. The molecule has 1 aromatic rings. The van der Waals surface area contributed by atoms with Crippen LogP contribution in [0.25, 0.3) is 0 Å². The molecule has 21 heavy (non-hydrogen) atoms. The van der Waals surface area contributed by atoms with Crippen molar-refractivity contribution in [2.45, 2.75) is 32.0 Å². The van der Waals surface area contributed by atoms with Gasteiger partial charge in [-0.3, -0.25) is 4.79 Å². The number of aliphatic carboxylic acids is 1. The lowest BCUT2D eigenvalue weighted by atomic mass is 10.1. The number of carbonyl (C=O) groups is 3. The molecule has 0 radical (unpaired) electrons. The zero-order chi connectivity index (χ0) is 15.4. The predicted octanol–water partition coefficient (Wildman–Crippen LogP) is 0.430. The minimum Gasteiger partial charge on any atom is -0.480 e. The summed E-state index contributed by atoms with van der Waals surface area (Å²) in [4.78, 5) is 35.5. The van der Waals surface area contributed by atoms with Crippen LogP contribution in [0, 0.1) is 0 Å². The van der Waals surface area contributed by atoms with Crippen molar-refractivity contribution in [3.63, 3.8) is 0 Å². The first kappa shape index (κ1) is 14.8. The van der Waals surface area contributed by atoms with Crippen molar-refractivity contribution < 1.29 is 19.5 Å². The topological polar surface area (TPSA) is 113 Å². The lowest BCUT2D eigenvalue weighted by Crippen LogP contribution is -2.46.